The standard InChI is InChI=1S/C26H37O2P/c1-4-5-8-20-25(26-23(27-2)18-13-19-24(26)28-3)29(21-14-9-6-10-15-21)22-16-11-7-12-17-22/h4-5,8,13,18-22H,1,6-7,9-12,14-17H2,2-3H3/b8-5-,25-20-. The van der Waals surface area contributed by atoms with Gasteiger partial charge in [0.2, 0.25) is 0 Å². The molecule has 3 heteroatoms. The molecule has 3 rings (SSSR count). The van der Waals surface area contributed by atoms with E-state index in [1.54, 1.807) is 14.2 Å². The van der Waals surface area contributed by atoms with Crippen LogP contribution >= 0.6 is 7.92 Å². The summed E-state index contributed by atoms with van der Waals surface area (Å²) >= 11 is 0. The van der Waals surface area contributed by atoms with Gasteiger partial charge in [-0.1, -0.05) is 83.4 Å². The molecular formula is C26H37O2P. The number of methoxy groups -OCH3 is 2. The SMILES string of the molecule is C=C/C=C\C=C(\c1c(OC)cccc1OC)P(C1CCCCC1)C1CCCCC1. The predicted molar refractivity (Wildman–Crippen MR) is 128 cm³/mol. The molecule has 0 spiro atoms. The van der Waals surface area contributed by atoms with E-state index in [1.807, 2.05) is 18.2 Å². The van der Waals surface area contributed by atoms with Crippen LogP contribution in [0.15, 0.2) is 49.1 Å². The van der Waals surface area contributed by atoms with E-state index in [0.29, 0.717) is 0 Å². The monoisotopic (exact) mass is 412 g/mol. The Morgan fingerprint density at radius 1 is 0.862 bits per heavy atom. The van der Waals surface area contributed by atoms with Crippen molar-refractivity contribution in [1.29, 1.82) is 0 Å². The lowest BCUT2D eigenvalue weighted by Gasteiger charge is -2.40. The molecule has 1 aromatic carbocycles. The summed E-state index contributed by atoms with van der Waals surface area (Å²) in [6.45, 7) is 3.86. The minimum Gasteiger partial charge on any atom is -0.496 e. The lowest BCUT2D eigenvalue weighted by Crippen LogP contribution is -2.21. The van der Waals surface area contributed by atoms with Crippen LogP contribution in [0.5, 0.6) is 11.5 Å². The number of allylic oxidation sites excluding steroid dienone is 4. The normalized spacial score (nSPS) is 19.6. The zero-order valence-corrected chi connectivity index (χ0v) is 19.1. The topological polar surface area (TPSA) is 18.5 Å². The maximum atomic E-state index is 5.85. The van der Waals surface area contributed by atoms with Gasteiger partial charge >= 0.3 is 0 Å². The third-order valence-corrected chi connectivity index (χ3v) is 9.93. The molecule has 2 saturated carbocycles. The van der Waals surface area contributed by atoms with Crippen molar-refractivity contribution in [1.82, 2.24) is 0 Å². The second kappa shape index (κ2) is 11.6. The summed E-state index contributed by atoms with van der Waals surface area (Å²) in [5.41, 5.74) is 2.81. The molecule has 0 aliphatic heterocycles. The molecule has 29 heavy (non-hydrogen) atoms. The summed E-state index contributed by atoms with van der Waals surface area (Å²) in [6.07, 6.45) is 22.2. The van der Waals surface area contributed by atoms with Crippen LogP contribution in [0.3, 0.4) is 0 Å². The first-order chi connectivity index (χ1) is 14.3. The fourth-order valence-electron chi connectivity index (χ4n) is 5.04. The number of hydrogen-bond acceptors (Lipinski definition) is 2. The van der Waals surface area contributed by atoms with Crippen LogP contribution in [-0.4, -0.2) is 25.5 Å². The van der Waals surface area contributed by atoms with Gasteiger partial charge in [0.15, 0.2) is 0 Å². The summed E-state index contributed by atoms with van der Waals surface area (Å²) in [5.74, 6) is 1.86. The maximum absolute atomic E-state index is 5.85. The highest BCUT2D eigenvalue weighted by Gasteiger charge is 2.35. The van der Waals surface area contributed by atoms with Crippen molar-refractivity contribution < 1.29 is 9.47 Å². The van der Waals surface area contributed by atoms with Gasteiger partial charge in [0.05, 0.1) is 19.8 Å². The summed E-state index contributed by atoms with van der Waals surface area (Å²) in [5, 5.41) is 1.46. The van der Waals surface area contributed by atoms with Crippen LogP contribution in [0.4, 0.5) is 0 Å². The molecule has 0 unspecified atom stereocenters. The van der Waals surface area contributed by atoms with Crippen LogP contribution in [0.2, 0.25) is 0 Å². The fourth-order valence-corrected chi connectivity index (χ4v) is 9.00. The smallest absolute Gasteiger partial charge is 0.130 e. The van der Waals surface area contributed by atoms with Crippen LogP contribution in [0.1, 0.15) is 69.8 Å². The molecule has 0 heterocycles. The van der Waals surface area contributed by atoms with E-state index in [9.17, 15) is 0 Å². The molecule has 2 aliphatic carbocycles. The first-order valence-corrected chi connectivity index (χ1v) is 12.8. The van der Waals surface area contributed by atoms with Crippen molar-refractivity contribution >= 4 is 13.2 Å². The zero-order chi connectivity index (χ0) is 20.5. The minimum atomic E-state index is -0.282. The Kier molecular flexibility index (Phi) is 8.87. The fraction of sp³-hybridized carbons (Fsp3) is 0.538. The molecule has 0 saturated heterocycles. The highest BCUT2D eigenvalue weighted by molar-refractivity contribution is 7.69. The van der Waals surface area contributed by atoms with Gasteiger partial charge in [-0.15, -0.1) is 0 Å². The van der Waals surface area contributed by atoms with Crippen molar-refractivity contribution in [3.8, 4) is 11.5 Å². The van der Waals surface area contributed by atoms with Gasteiger partial charge in [-0.05, 0) is 54.4 Å². The second-order valence-corrected chi connectivity index (χ2v) is 11.0. The highest BCUT2D eigenvalue weighted by Crippen LogP contribution is 2.66. The quantitative estimate of drug-likeness (QED) is 0.319. The molecule has 0 bridgehead atoms. The van der Waals surface area contributed by atoms with Gasteiger partial charge in [-0.2, -0.15) is 0 Å². The number of rotatable bonds is 8. The van der Waals surface area contributed by atoms with E-state index in [4.69, 9.17) is 9.47 Å². The molecule has 1 aromatic rings. The van der Waals surface area contributed by atoms with Crippen molar-refractivity contribution in [3.63, 3.8) is 0 Å². The molecule has 0 aromatic heterocycles. The minimum absolute atomic E-state index is 0.282. The lowest BCUT2D eigenvalue weighted by atomic mass is 9.99. The summed E-state index contributed by atoms with van der Waals surface area (Å²) < 4.78 is 11.7. The van der Waals surface area contributed by atoms with E-state index >= 15 is 0 Å². The van der Waals surface area contributed by atoms with Gasteiger partial charge < -0.3 is 9.47 Å². The van der Waals surface area contributed by atoms with E-state index in [2.05, 4.69) is 30.9 Å². The Balaban J connectivity index is 2.12. The van der Waals surface area contributed by atoms with Crippen LogP contribution in [0, 0.1) is 0 Å². The number of hydrogen-bond donors (Lipinski definition) is 0. The highest BCUT2D eigenvalue weighted by atomic mass is 31.1. The van der Waals surface area contributed by atoms with Gasteiger partial charge in [-0.25, -0.2) is 0 Å². The molecule has 0 radical (unpaired) electrons. The van der Waals surface area contributed by atoms with Crippen LogP contribution < -0.4 is 9.47 Å². The number of ether oxygens (including phenoxy) is 2. The Bertz CT molecular complexity index is 669. The molecule has 158 valence electrons. The van der Waals surface area contributed by atoms with E-state index in [1.165, 1.54) is 75.1 Å². The first kappa shape index (κ1) is 22.2. The van der Waals surface area contributed by atoms with Crippen LogP contribution in [-0.2, 0) is 0 Å². The second-order valence-electron chi connectivity index (χ2n) is 8.20. The Morgan fingerprint density at radius 2 is 1.38 bits per heavy atom. The molecule has 2 nitrogen and oxygen atoms in total. The molecular weight excluding hydrogens is 375 g/mol. The third kappa shape index (κ3) is 5.54. The molecule has 0 N–H and O–H groups in total. The Morgan fingerprint density at radius 3 is 1.83 bits per heavy atom. The molecule has 0 amide bonds. The maximum Gasteiger partial charge on any atom is 0.130 e. The largest absolute Gasteiger partial charge is 0.496 e. The third-order valence-electron chi connectivity index (χ3n) is 6.40. The summed E-state index contributed by atoms with van der Waals surface area (Å²) in [4.78, 5) is 0. The molecule has 2 aliphatic rings. The van der Waals surface area contributed by atoms with Crippen LogP contribution in [0.25, 0.3) is 5.31 Å². The zero-order valence-electron chi connectivity index (χ0n) is 18.2. The van der Waals surface area contributed by atoms with Gasteiger partial charge in [0, 0.05) is 0 Å². The molecule has 0 atom stereocenters. The van der Waals surface area contributed by atoms with Gasteiger partial charge in [0.1, 0.15) is 11.5 Å². The van der Waals surface area contributed by atoms with Crippen molar-refractivity contribution in [3.05, 3.63) is 54.6 Å². The summed E-state index contributed by atoms with van der Waals surface area (Å²) in [6, 6.07) is 6.19. The summed E-state index contributed by atoms with van der Waals surface area (Å²) in [7, 11) is 3.27. The van der Waals surface area contributed by atoms with Crippen molar-refractivity contribution in [2.24, 2.45) is 0 Å². The first-order valence-electron chi connectivity index (χ1n) is 11.3. The lowest BCUT2D eigenvalue weighted by molar-refractivity contribution is 0.392. The van der Waals surface area contributed by atoms with Crippen molar-refractivity contribution in [2.75, 3.05) is 14.2 Å². The average molecular weight is 413 g/mol. The van der Waals surface area contributed by atoms with E-state index in [-0.39, 0.29) is 7.92 Å². The molecule has 2 fully saturated rings. The van der Waals surface area contributed by atoms with E-state index < -0.39 is 0 Å². The van der Waals surface area contributed by atoms with Gasteiger partial charge in [0.25, 0.3) is 0 Å². The Hall–Kier alpha value is -1.53. The average Bonchev–Trinajstić information content (AvgIpc) is 2.79. The Labute approximate surface area is 178 Å². The van der Waals surface area contributed by atoms with E-state index in [0.717, 1.165) is 22.8 Å². The number of benzene rings is 1. The predicted octanol–water partition coefficient (Wildman–Crippen LogP) is 7.93. The van der Waals surface area contributed by atoms with Crippen molar-refractivity contribution in [2.45, 2.75) is 75.5 Å². The van der Waals surface area contributed by atoms with Gasteiger partial charge in [-0.3, -0.25) is 0 Å².